The number of ether oxygens (including phenoxy) is 1. The molecule has 0 aromatic rings. The number of hydrogen-bond donors (Lipinski definition) is 5. The molecule has 4 aliphatic carbocycles. The Bertz CT molecular complexity index is 911. The number of rotatable bonds is 2. The average molecular weight is 479 g/mol. The van der Waals surface area contributed by atoms with E-state index in [-0.39, 0.29) is 42.7 Å². The lowest BCUT2D eigenvalue weighted by Gasteiger charge is -2.62. The van der Waals surface area contributed by atoms with Crippen molar-refractivity contribution in [1.82, 2.24) is 0 Å². The first-order valence-electron chi connectivity index (χ1n) is 13.0. The van der Waals surface area contributed by atoms with E-state index < -0.39 is 52.2 Å². The fourth-order valence-corrected chi connectivity index (χ4v) is 9.04. The van der Waals surface area contributed by atoms with Gasteiger partial charge < -0.3 is 30.3 Å². The third-order valence-electron chi connectivity index (χ3n) is 10.9. The molecule has 1 aliphatic heterocycles. The van der Waals surface area contributed by atoms with E-state index in [1.807, 2.05) is 27.7 Å². The van der Waals surface area contributed by atoms with Gasteiger partial charge in [0, 0.05) is 17.3 Å². The smallest absolute Gasteiger partial charge is 0.159 e. The summed E-state index contributed by atoms with van der Waals surface area (Å²) in [5.41, 5.74) is -3.90. The van der Waals surface area contributed by atoms with Gasteiger partial charge in [0.15, 0.2) is 5.78 Å². The van der Waals surface area contributed by atoms with E-state index in [0.29, 0.717) is 18.4 Å². The largest absolute Gasteiger partial charge is 0.392 e. The van der Waals surface area contributed by atoms with Crippen LogP contribution < -0.4 is 0 Å². The molecule has 5 aliphatic rings. The zero-order valence-corrected chi connectivity index (χ0v) is 21.1. The molecule has 0 unspecified atom stereocenters. The molecule has 0 spiro atoms. The van der Waals surface area contributed by atoms with Crippen LogP contribution in [0.25, 0.3) is 0 Å². The van der Waals surface area contributed by atoms with Crippen LogP contribution in [0.3, 0.4) is 0 Å². The Hall–Kier alpha value is -0.830. The van der Waals surface area contributed by atoms with E-state index in [9.17, 15) is 30.3 Å². The van der Waals surface area contributed by atoms with Gasteiger partial charge in [-0.3, -0.25) is 4.79 Å². The predicted molar refractivity (Wildman–Crippen MR) is 125 cm³/mol. The van der Waals surface area contributed by atoms with Crippen molar-refractivity contribution < 1.29 is 35.1 Å². The number of aliphatic hydroxyl groups excluding tert-OH is 3. The summed E-state index contributed by atoms with van der Waals surface area (Å²) < 4.78 is 6.23. The number of carbonyl (C=O) groups is 1. The molecular formula is C27H42O7. The molecule has 34 heavy (non-hydrogen) atoms. The summed E-state index contributed by atoms with van der Waals surface area (Å²) in [4.78, 5) is 13.3. The second kappa shape index (κ2) is 7.36. The molecule has 0 bridgehead atoms. The number of carbonyl (C=O) groups excluding carboxylic acids is 1. The van der Waals surface area contributed by atoms with Crippen molar-refractivity contribution in [1.29, 1.82) is 0 Å². The zero-order valence-electron chi connectivity index (χ0n) is 21.1. The first-order chi connectivity index (χ1) is 15.6. The number of aliphatic hydroxyl groups is 5. The van der Waals surface area contributed by atoms with Gasteiger partial charge in [-0.1, -0.05) is 13.8 Å². The van der Waals surface area contributed by atoms with Gasteiger partial charge in [-0.05, 0) is 88.7 Å². The molecule has 3 saturated carbocycles. The summed E-state index contributed by atoms with van der Waals surface area (Å²) in [5, 5.41) is 56.5. The lowest BCUT2D eigenvalue weighted by molar-refractivity contribution is -0.204. The second-order valence-electron chi connectivity index (χ2n) is 13.4. The van der Waals surface area contributed by atoms with Crippen molar-refractivity contribution in [3.8, 4) is 0 Å². The fraction of sp³-hybridized carbons (Fsp3) is 0.889. The van der Waals surface area contributed by atoms with Crippen molar-refractivity contribution in [3.05, 3.63) is 11.6 Å². The van der Waals surface area contributed by atoms with Crippen molar-refractivity contribution >= 4 is 5.78 Å². The molecule has 0 radical (unpaired) electrons. The molecule has 0 aromatic carbocycles. The molecule has 192 valence electrons. The second-order valence-corrected chi connectivity index (χ2v) is 13.4. The van der Waals surface area contributed by atoms with Crippen molar-refractivity contribution in [2.45, 2.75) is 121 Å². The molecular weight excluding hydrogens is 436 g/mol. The summed E-state index contributed by atoms with van der Waals surface area (Å²) in [7, 11) is 0. The van der Waals surface area contributed by atoms with Crippen LogP contribution in [0.15, 0.2) is 11.6 Å². The molecule has 5 N–H and O–H groups in total. The number of fused-ring (bicyclic) bond motifs is 5. The number of hydrogen-bond acceptors (Lipinski definition) is 7. The van der Waals surface area contributed by atoms with Gasteiger partial charge in [0.2, 0.25) is 0 Å². The van der Waals surface area contributed by atoms with Gasteiger partial charge in [0.1, 0.15) is 0 Å². The summed E-state index contributed by atoms with van der Waals surface area (Å²) in [6.45, 7) is 9.70. The van der Waals surface area contributed by atoms with Crippen LogP contribution >= 0.6 is 0 Å². The molecule has 7 nitrogen and oxygen atoms in total. The highest BCUT2D eigenvalue weighted by Gasteiger charge is 2.71. The average Bonchev–Trinajstić information content (AvgIpc) is 3.21. The lowest BCUT2D eigenvalue weighted by Crippen LogP contribution is -2.66. The third-order valence-corrected chi connectivity index (χ3v) is 10.9. The normalized spacial score (nSPS) is 54.0. The van der Waals surface area contributed by atoms with Gasteiger partial charge >= 0.3 is 0 Å². The summed E-state index contributed by atoms with van der Waals surface area (Å²) in [5.74, 6) is -1.46. The minimum absolute atomic E-state index is 0.152. The van der Waals surface area contributed by atoms with Crippen molar-refractivity contribution in [2.75, 3.05) is 0 Å². The van der Waals surface area contributed by atoms with Crippen LogP contribution in [-0.4, -0.2) is 72.5 Å². The van der Waals surface area contributed by atoms with Crippen LogP contribution in [0, 0.1) is 28.6 Å². The Balaban J connectivity index is 1.55. The first-order valence-corrected chi connectivity index (χ1v) is 13.0. The molecule has 7 heteroatoms. The molecule has 1 saturated heterocycles. The molecule has 5 rings (SSSR count). The summed E-state index contributed by atoms with van der Waals surface area (Å²) in [6.07, 6.45) is 1.58. The van der Waals surface area contributed by atoms with E-state index in [1.165, 1.54) is 6.08 Å². The van der Waals surface area contributed by atoms with E-state index in [1.54, 1.807) is 6.92 Å². The molecule has 0 aromatic heterocycles. The Labute approximate surface area is 202 Å². The van der Waals surface area contributed by atoms with Crippen LogP contribution in [0.4, 0.5) is 0 Å². The minimum atomic E-state index is -1.34. The van der Waals surface area contributed by atoms with Gasteiger partial charge in [-0.25, -0.2) is 0 Å². The monoisotopic (exact) mass is 478 g/mol. The third kappa shape index (κ3) is 3.13. The predicted octanol–water partition coefficient (Wildman–Crippen LogP) is 1.87. The summed E-state index contributed by atoms with van der Waals surface area (Å²) in [6, 6.07) is 0. The van der Waals surface area contributed by atoms with E-state index in [4.69, 9.17) is 4.74 Å². The highest BCUT2D eigenvalue weighted by atomic mass is 16.5. The van der Waals surface area contributed by atoms with Crippen LogP contribution in [0.1, 0.15) is 79.6 Å². The van der Waals surface area contributed by atoms with Gasteiger partial charge in [-0.2, -0.15) is 0 Å². The van der Waals surface area contributed by atoms with Crippen LogP contribution in [-0.2, 0) is 9.53 Å². The quantitative estimate of drug-likeness (QED) is 0.410. The number of ketones is 1. The molecule has 0 amide bonds. The standard InChI is InChI=1S/C27H42O7/c1-23(2)8-7-21(34-23)26(5,32)20-6-9-27(33)15-11-16(28)14-10-17(29)18(30)12-24(14,3)22(15)19(31)13-25(20,27)4/h11,14,17-22,29-33H,6-10,12-13H2,1-5H3/t14-,17+,18-,19+,20-,21+,22+,24-,25+,26+,27+/m0/s1. The highest BCUT2D eigenvalue weighted by molar-refractivity contribution is 5.95. The van der Waals surface area contributed by atoms with E-state index in [2.05, 4.69) is 0 Å². The molecule has 11 atom stereocenters. The zero-order chi connectivity index (χ0) is 25.1. The van der Waals surface area contributed by atoms with Gasteiger partial charge in [0.25, 0.3) is 0 Å². The molecule has 1 heterocycles. The van der Waals surface area contributed by atoms with Gasteiger partial charge in [-0.15, -0.1) is 0 Å². The Morgan fingerprint density at radius 1 is 1.00 bits per heavy atom. The lowest BCUT2D eigenvalue weighted by atomic mass is 9.45. The summed E-state index contributed by atoms with van der Waals surface area (Å²) >= 11 is 0. The maximum absolute atomic E-state index is 13.3. The Morgan fingerprint density at radius 2 is 1.68 bits per heavy atom. The highest BCUT2D eigenvalue weighted by Crippen LogP contribution is 2.69. The minimum Gasteiger partial charge on any atom is -0.392 e. The fourth-order valence-electron chi connectivity index (χ4n) is 9.04. The molecule has 4 fully saturated rings. The Morgan fingerprint density at radius 3 is 2.29 bits per heavy atom. The van der Waals surface area contributed by atoms with Crippen molar-refractivity contribution in [3.63, 3.8) is 0 Å². The van der Waals surface area contributed by atoms with Gasteiger partial charge in [0.05, 0.1) is 41.2 Å². The maximum Gasteiger partial charge on any atom is 0.159 e. The maximum atomic E-state index is 13.3. The number of allylic oxidation sites excluding steroid dienone is 1. The van der Waals surface area contributed by atoms with Crippen molar-refractivity contribution in [2.24, 2.45) is 28.6 Å². The SMILES string of the molecule is CC1(C)CC[C@H]([C@](C)(O)[C@H]2CC[C@@]3(O)C4=CC(=O)[C@@H]5C[C@@H](O)[C@@H](O)C[C@]5(C)[C@H]4[C@H](O)C[C@]23C)O1. The van der Waals surface area contributed by atoms with E-state index in [0.717, 1.165) is 12.8 Å². The topological polar surface area (TPSA) is 127 Å². The first kappa shape index (κ1) is 24.8. The van der Waals surface area contributed by atoms with E-state index >= 15 is 0 Å². The van der Waals surface area contributed by atoms with Crippen LogP contribution in [0.5, 0.6) is 0 Å². The Kier molecular flexibility index (Phi) is 5.38. The van der Waals surface area contributed by atoms with Crippen LogP contribution in [0.2, 0.25) is 0 Å².